The van der Waals surface area contributed by atoms with Crippen LogP contribution in [0.2, 0.25) is 5.15 Å². The highest BCUT2D eigenvalue weighted by molar-refractivity contribution is 6.33. The van der Waals surface area contributed by atoms with Crippen LogP contribution in [-0.2, 0) is 4.74 Å². The number of halogens is 1. The van der Waals surface area contributed by atoms with E-state index in [1.165, 1.54) is 0 Å². The van der Waals surface area contributed by atoms with E-state index in [1.54, 1.807) is 4.57 Å². The van der Waals surface area contributed by atoms with E-state index < -0.39 is 0 Å². The van der Waals surface area contributed by atoms with Crippen molar-refractivity contribution in [2.24, 2.45) is 0 Å². The molecule has 0 saturated carbocycles. The second kappa shape index (κ2) is 4.25. The van der Waals surface area contributed by atoms with Crippen molar-refractivity contribution < 1.29 is 4.74 Å². The normalized spacial score (nSPS) is 17.4. The van der Waals surface area contributed by atoms with Crippen molar-refractivity contribution in [3.8, 4) is 0 Å². The number of hydrogen-bond donors (Lipinski definition) is 2. The summed E-state index contributed by atoms with van der Waals surface area (Å²) < 4.78 is 6.89. The molecule has 7 nitrogen and oxygen atoms in total. The summed E-state index contributed by atoms with van der Waals surface area (Å²) in [6.07, 6.45) is 1.54. The predicted molar refractivity (Wildman–Crippen MR) is 66.7 cm³/mol. The average Bonchev–Trinajstić information content (AvgIpc) is 2.67. The number of nitrogens with zero attached hydrogens (tertiary/aromatic N) is 3. The van der Waals surface area contributed by atoms with Crippen LogP contribution >= 0.6 is 11.6 Å². The number of H-pyrrole nitrogens is 1. The summed E-state index contributed by atoms with van der Waals surface area (Å²) >= 11 is 5.95. The maximum atomic E-state index is 12.0. The summed E-state index contributed by atoms with van der Waals surface area (Å²) in [5.41, 5.74) is 6.23. The molecule has 0 aliphatic carbocycles. The summed E-state index contributed by atoms with van der Waals surface area (Å²) in [5, 5.41) is 0.167. The lowest BCUT2D eigenvalue weighted by Gasteiger charge is -2.22. The number of fused-ring (bicyclic) bond motifs is 1. The molecule has 0 aromatic carbocycles. The molecule has 0 spiro atoms. The molecule has 1 fully saturated rings. The Labute approximate surface area is 107 Å². The van der Waals surface area contributed by atoms with E-state index in [4.69, 9.17) is 22.1 Å². The topological polar surface area (TPSA) is 98.8 Å². The highest BCUT2D eigenvalue weighted by Gasteiger charge is 2.22. The summed E-state index contributed by atoms with van der Waals surface area (Å²) in [6, 6.07) is 0.0605. The Morgan fingerprint density at radius 1 is 1.39 bits per heavy atom. The quantitative estimate of drug-likeness (QED) is 0.743. The minimum absolute atomic E-state index is 0.0605. The lowest BCUT2D eigenvalue weighted by Crippen LogP contribution is -2.27. The lowest BCUT2D eigenvalue weighted by atomic mass is 10.1. The molecular weight excluding hydrogens is 258 g/mol. The monoisotopic (exact) mass is 269 g/mol. The van der Waals surface area contributed by atoms with Gasteiger partial charge in [0.05, 0.1) is 0 Å². The Kier molecular flexibility index (Phi) is 2.71. The van der Waals surface area contributed by atoms with Crippen LogP contribution in [0.1, 0.15) is 18.9 Å². The summed E-state index contributed by atoms with van der Waals surface area (Å²) in [4.78, 5) is 22.6. The van der Waals surface area contributed by atoms with Crippen LogP contribution in [0.25, 0.3) is 11.2 Å². The van der Waals surface area contributed by atoms with Gasteiger partial charge in [-0.1, -0.05) is 11.6 Å². The van der Waals surface area contributed by atoms with Crippen molar-refractivity contribution in [1.82, 2.24) is 19.5 Å². The molecule has 2 aromatic heterocycles. The number of anilines is 1. The van der Waals surface area contributed by atoms with Crippen LogP contribution in [0.15, 0.2) is 4.79 Å². The average molecular weight is 270 g/mol. The largest absolute Gasteiger partial charge is 0.381 e. The van der Waals surface area contributed by atoms with Crippen molar-refractivity contribution in [2.75, 3.05) is 18.9 Å². The van der Waals surface area contributed by atoms with Crippen LogP contribution in [0.4, 0.5) is 5.95 Å². The highest BCUT2D eigenvalue weighted by atomic mass is 35.5. The molecule has 0 radical (unpaired) electrons. The van der Waals surface area contributed by atoms with Crippen LogP contribution in [0, 0.1) is 0 Å². The highest BCUT2D eigenvalue weighted by Crippen LogP contribution is 2.25. The Morgan fingerprint density at radius 3 is 2.83 bits per heavy atom. The van der Waals surface area contributed by atoms with E-state index in [9.17, 15) is 4.79 Å². The van der Waals surface area contributed by atoms with E-state index in [0.717, 1.165) is 12.8 Å². The molecule has 18 heavy (non-hydrogen) atoms. The third-order valence-corrected chi connectivity index (χ3v) is 3.37. The molecule has 1 aliphatic rings. The minimum Gasteiger partial charge on any atom is -0.381 e. The van der Waals surface area contributed by atoms with Gasteiger partial charge in [-0.25, -0.2) is 4.79 Å². The zero-order chi connectivity index (χ0) is 12.7. The fraction of sp³-hybridized carbons (Fsp3) is 0.500. The number of aromatic nitrogens is 4. The number of nitrogens with one attached hydrogen (secondary N) is 1. The van der Waals surface area contributed by atoms with Gasteiger partial charge in [-0.15, -0.1) is 0 Å². The van der Waals surface area contributed by atoms with E-state index in [2.05, 4.69) is 15.0 Å². The number of rotatable bonds is 1. The first kappa shape index (κ1) is 11.5. The Bertz CT molecular complexity index is 643. The zero-order valence-corrected chi connectivity index (χ0v) is 10.3. The smallest absolute Gasteiger partial charge is 0.328 e. The predicted octanol–water partition coefficient (Wildman–Crippen LogP) is 0.707. The molecule has 2 aromatic rings. The maximum absolute atomic E-state index is 12.0. The van der Waals surface area contributed by atoms with Crippen LogP contribution in [0.3, 0.4) is 0 Å². The maximum Gasteiger partial charge on any atom is 0.328 e. The van der Waals surface area contributed by atoms with Gasteiger partial charge in [0.2, 0.25) is 5.95 Å². The van der Waals surface area contributed by atoms with Gasteiger partial charge in [-0.05, 0) is 12.8 Å². The van der Waals surface area contributed by atoms with E-state index in [0.29, 0.717) is 24.4 Å². The number of nitrogen functional groups attached to an aromatic ring is 1. The molecule has 1 aliphatic heterocycles. The van der Waals surface area contributed by atoms with E-state index in [1.807, 2.05) is 0 Å². The van der Waals surface area contributed by atoms with Gasteiger partial charge >= 0.3 is 5.69 Å². The molecule has 1 saturated heterocycles. The van der Waals surface area contributed by atoms with Gasteiger partial charge in [0.25, 0.3) is 0 Å². The lowest BCUT2D eigenvalue weighted by molar-refractivity contribution is 0.0697. The second-order valence-corrected chi connectivity index (χ2v) is 4.57. The van der Waals surface area contributed by atoms with Gasteiger partial charge in [0.15, 0.2) is 10.8 Å². The fourth-order valence-corrected chi connectivity index (χ4v) is 2.48. The van der Waals surface area contributed by atoms with Crippen molar-refractivity contribution in [3.63, 3.8) is 0 Å². The molecular formula is C10H12ClN5O2. The molecule has 0 unspecified atom stereocenters. The van der Waals surface area contributed by atoms with Crippen molar-refractivity contribution in [3.05, 3.63) is 15.6 Å². The number of ether oxygens (including phenoxy) is 1. The third kappa shape index (κ3) is 1.75. The van der Waals surface area contributed by atoms with Gasteiger partial charge in [0, 0.05) is 19.3 Å². The summed E-state index contributed by atoms with van der Waals surface area (Å²) in [5.74, 6) is 0.0623. The molecule has 0 atom stereocenters. The molecule has 0 amide bonds. The molecule has 96 valence electrons. The van der Waals surface area contributed by atoms with Crippen LogP contribution in [-0.4, -0.2) is 32.7 Å². The SMILES string of the molecule is Nc1nc(Cl)c2[nH]c(=O)n(C3CCOCC3)c2n1. The molecule has 8 heteroatoms. The Morgan fingerprint density at radius 2 is 2.11 bits per heavy atom. The van der Waals surface area contributed by atoms with E-state index >= 15 is 0 Å². The standard InChI is InChI=1S/C10H12ClN5O2/c11-7-6-8(15-9(12)14-7)16(10(17)13-6)5-1-3-18-4-2-5/h5H,1-4H2,(H,13,17)(H2,12,14,15). The number of hydrogen-bond acceptors (Lipinski definition) is 5. The Balaban J connectivity index is 2.21. The zero-order valence-electron chi connectivity index (χ0n) is 9.52. The number of imidazole rings is 1. The Hall–Kier alpha value is -1.60. The first-order valence-electron chi connectivity index (χ1n) is 5.68. The first-order valence-corrected chi connectivity index (χ1v) is 6.05. The van der Waals surface area contributed by atoms with Crippen molar-refractivity contribution in [1.29, 1.82) is 0 Å². The van der Waals surface area contributed by atoms with Gasteiger partial charge in [0.1, 0.15) is 5.52 Å². The molecule has 0 bridgehead atoms. The second-order valence-electron chi connectivity index (χ2n) is 4.21. The minimum atomic E-state index is -0.237. The van der Waals surface area contributed by atoms with Crippen LogP contribution in [0.5, 0.6) is 0 Å². The third-order valence-electron chi connectivity index (χ3n) is 3.10. The number of nitrogens with two attached hydrogens (primary N) is 1. The van der Waals surface area contributed by atoms with Gasteiger partial charge in [-0.2, -0.15) is 9.97 Å². The van der Waals surface area contributed by atoms with Gasteiger partial charge in [-0.3, -0.25) is 4.57 Å². The first-order chi connectivity index (χ1) is 8.66. The summed E-state index contributed by atoms with van der Waals surface area (Å²) in [7, 11) is 0. The number of aromatic amines is 1. The molecule has 3 heterocycles. The van der Waals surface area contributed by atoms with Crippen LogP contribution < -0.4 is 11.4 Å². The fourth-order valence-electron chi connectivity index (χ4n) is 2.27. The van der Waals surface area contributed by atoms with Gasteiger partial charge < -0.3 is 15.5 Å². The molecule has 3 N–H and O–H groups in total. The summed E-state index contributed by atoms with van der Waals surface area (Å²) in [6.45, 7) is 1.27. The van der Waals surface area contributed by atoms with E-state index in [-0.39, 0.29) is 22.8 Å². The van der Waals surface area contributed by atoms with Crippen molar-refractivity contribution >= 4 is 28.7 Å². The van der Waals surface area contributed by atoms with Crippen molar-refractivity contribution in [2.45, 2.75) is 18.9 Å². The molecule has 3 rings (SSSR count).